The van der Waals surface area contributed by atoms with E-state index in [4.69, 9.17) is 11.0 Å². The number of carbonyl (C=O) groups is 2. The lowest BCUT2D eigenvalue weighted by molar-refractivity contribution is -0.119. The van der Waals surface area contributed by atoms with Gasteiger partial charge in [0.05, 0.1) is 19.0 Å². The molecule has 0 aromatic heterocycles. The topological polar surface area (TPSA) is 108 Å². The first-order chi connectivity index (χ1) is 8.63. The molecular weight excluding hydrogens is 232 g/mol. The summed E-state index contributed by atoms with van der Waals surface area (Å²) in [7, 11) is 0. The van der Waals surface area contributed by atoms with Gasteiger partial charge in [-0.1, -0.05) is 0 Å². The molecule has 0 atom stereocenters. The SMILES string of the molecule is N#CCCNC(=O)CNc1ccc(C(N)=O)cc1. The number of nitrogens with zero attached hydrogens (tertiary/aromatic N) is 1. The van der Waals surface area contributed by atoms with Crippen LogP contribution in [0.1, 0.15) is 16.8 Å². The normalized spacial score (nSPS) is 9.28. The quantitative estimate of drug-likeness (QED) is 0.624. The molecule has 18 heavy (non-hydrogen) atoms. The molecule has 94 valence electrons. The van der Waals surface area contributed by atoms with Gasteiger partial charge < -0.3 is 16.4 Å². The maximum Gasteiger partial charge on any atom is 0.248 e. The maximum absolute atomic E-state index is 11.3. The summed E-state index contributed by atoms with van der Waals surface area (Å²) in [6.07, 6.45) is 0.291. The molecule has 0 radical (unpaired) electrons. The van der Waals surface area contributed by atoms with E-state index in [1.807, 2.05) is 6.07 Å². The van der Waals surface area contributed by atoms with E-state index in [0.717, 1.165) is 5.69 Å². The summed E-state index contributed by atoms with van der Waals surface area (Å²) >= 11 is 0. The Hall–Kier alpha value is -2.55. The van der Waals surface area contributed by atoms with Crippen LogP contribution in [-0.2, 0) is 4.79 Å². The fourth-order valence-corrected chi connectivity index (χ4v) is 1.26. The number of benzene rings is 1. The molecule has 0 aliphatic carbocycles. The molecule has 0 fully saturated rings. The molecule has 1 aromatic rings. The van der Waals surface area contributed by atoms with Crippen molar-refractivity contribution >= 4 is 17.5 Å². The van der Waals surface area contributed by atoms with Crippen molar-refractivity contribution in [2.24, 2.45) is 5.73 Å². The lowest BCUT2D eigenvalue weighted by Gasteiger charge is -2.06. The van der Waals surface area contributed by atoms with Crippen LogP contribution in [0.25, 0.3) is 0 Å². The molecule has 0 aliphatic rings. The average molecular weight is 246 g/mol. The summed E-state index contributed by atoms with van der Waals surface area (Å²) in [6.45, 7) is 0.457. The molecule has 6 nitrogen and oxygen atoms in total. The van der Waals surface area contributed by atoms with Gasteiger partial charge in [-0.05, 0) is 24.3 Å². The van der Waals surface area contributed by atoms with Crippen molar-refractivity contribution in [3.8, 4) is 6.07 Å². The summed E-state index contributed by atoms with van der Waals surface area (Å²) in [6, 6.07) is 8.44. The summed E-state index contributed by atoms with van der Waals surface area (Å²) in [5, 5.41) is 13.8. The smallest absolute Gasteiger partial charge is 0.248 e. The maximum atomic E-state index is 11.3. The van der Waals surface area contributed by atoms with E-state index in [-0.39, 0.29) is 12.5 Å². The molecular formula is C12H14N4O2. The van der Waals surface area contributed by atoms with E-state index in [2.05, 4.69) is 10.6 Å². The van der Waals surface area contributed by atoms with Gasteiger partial charge in [-0.25, -0.2) is 0 Å². The van der Waals surface area contributed by atoms with Crippen LogP contribution in [0.3, 0.4) is 0 Å². The number of anilines is 1. The number of amides is 2. The first-order valence-corrected chi connectivity index (χ1v) is 5.41. The summed E-state index contributed by atoms with van der Waals surface area (Å²) in [5.41, 5.74) is 6.24. The zero-order valence-corrected chi connectivity index (χ0v) is 9.77. The molecule has 0 saturated carbocycles. The molecule has 1 aromatic carbocycles. The highest BCUT2D eigenvalue weighted by molar-refractivity contribution is 5.93. The number of primary amides is 1. The van der Waals surface area contributed by atoms with Gasteiger partial charge in [-0.15, -0.1) is 0 Å². The van der Waals surface area contributed by atoms with E-state index in [1.165, 1.54) is 0 Å². The van der Waals surface area contributed by atoms with Gasteiger partial charge in [-0.2, -0.15) is 5.26 Å². The largest absolute Gasteiger partial charge is 0.376 e. The average Bonchev–Trinajstić information content (AvgIpc) is 2.37. The predicted molar refractivity (Wildman–Crippen MR) is 66.7 cm³/mol. The van der Waals surface area contributed by atoms with Crippen LogP contribution in [-0.4, -0.2) is 24.9 Å². The highest BCUT2D eigenvalue weighted by Crippen LogP contribution is 2.08. The molecule has 0 unspecified atom stereocenters. The van der Waals surface area contributed by atoms with E-state index in [1.54, 1.807) is 24.3 Å². The summed E-state index contributed by atoms with van der Waals surface area (Å²) < 4.78 is 0. The Morgan fingerprint density at radius 2 is 1.94 bits per heavy atom. The number of nitrogens with one attached hydrogen (secondary N) is 2. The second-order valence-electron chi connectivity index (χ2n) is 3.55. The van der Waals surface area contributed by atoms with Gasteiger partial charge in [0, 0.05) is 17.8 Å². The Morgan fingerprint density at radius 3 is 2.50 bits per heavy atom. The van der Waals surface area contributed by atoms with Gasteiger partial charge in [0.1, 0.15) is 0 Å². The van der Waals surface area contributed by atoms with Crippen LogP contribution in [0.2, 0.25) is 0 Å². The lowest BCUT2D eigenvalue weighted by atomic mass is 10.2. The fourth-order valence-electron chi connectivity index (χ4n) is 1.26. The van der Waals surface area contributed by atoms with Gasteiger partial charge in [-0.3, -0.25) is 9.59 Å². The summed E-state index contributed by atoms with van der Waals surface area (Å²) in [5.74, 6) is -0.681. The monoisotopic (exact) mass is 246 g/mol. The van der Waals surface area contributed by atoms with Gasteiger partial charge in [0.15, 0.2) is 0 Å². The molecule has 6 heteroatoms. The minimum absolute atomic E-state index is 0.112. The van der Waals surface area contributed by atoms with Crippen molar-refractivity contribution in [3.05, 3.63) is 29.8 Å². The van der Waals surface area contributed by atoms with E-state index in [9.17, 15) is 9.59 Å². The first-order valence-electron chi connectivity index (χ1n) is 5.41. The Balaban J connectivity index is 2.37. The van der Waals surface area contributed by atoms with Crippen LogP contribution >= 0.6 is 0 Å². The van der Waals surface area contributed by atoms with E-state index < -0.39 is 5.91 Å². The zero-order chi connectivity index (χ0) is 13.4. The Kier molecular flexibility index (Phi) is 5.19. The van der Waals surface area contributed by atoms with Crippen molar-refractivity contribution in [3.63, 3.8) is 0 Å². The van der Waals surface area contributed by atoms with Crippen molar-refractivity contribution in [1.82, 2.24) is 5.32 Å². The highest BCUT2D eigenvalue weighted by atomic mass is 16.2. The van der Waals surface area contributed by atoms with Gasteiger partial charge in [0.25, 0.3) is 0 Å². The Labute approximate surface area is 105 Å². The van der Waals surface area contributed by atoms with Crippen molar-refractivity contribution in [1.29, 1.82) is 5.26 Å². The first kappa shape index (κ1) is 13.5. The molecule has 0 bridgehead atoms. The Morgan fingerprint density at radius 1 is 1.28 bits per heavy atom. The van der Waals surface area contributed by atoms with E-state index in [0.29, 0.717) is 18.5 Å². The molecule has 0 spiro atoms. The number of rotatable bonds is 6. The van der Waals surface area contributed by atoms with Crippen LogP contribution in [0.15, 0.2) is 24.3 Å². The molecule has 0 heterocycles. The minimum Gasteiger partial charge on any atom is -0.376 e. The second-order valence-corrected chi connectivity index (χ2v) is 3.55. The molecule has 1 rings (SSSR count). The third-order valence-corrected chi connectivity index (χ3v) is 2.18. The number of hydrogen-bond acceptors (Lipinski definition) is 4. The van der Waals surface area contributed by atoms with Crippen LogP contribution in [0.5, 0.6) is 0 Å². The molecule has 0 saturated heterocycles. The molecule has 4 N–H and O–H groups in total. The van der Waals surface area contributed by atoms with Crippen LogP contribution in [0, 0.1) is 11.3 Å². The van der Waals surface area contributed by atoms with Crippen LogP contribution in [0.4, 0.5) is 5.69 Å². The lowest BCUT2D eigenvalue weighted by Crippen LogP contribution is -2.30. The summed E-state index contributed by atoms with van der Waals surface area (Å²) in [4.78, 5) is 22.1. The molecule has 2 amide bonds. The second kappa shape index (κ2) is 6.91. The van der Waals surface area contributed by atoms with Crippen molar-refractivity contribution in [2.45, 2.75) is 6.42 Å². The van der Waals surface area contributed by atoms with Crippen molar-refractivity contribution in [2.75, 3.05) is 18.4 Å². The van der Waals surface area contributed by atoms with Crippen molar-refractivity contribution < 1.29 is 9.59 Å². The minimum atomic E-state index is -0.490. The third-order valence-electron chi connectivity index (χ3n) is 2.18. The van der Waals surface area contributed by atoms with Crippen LogP contribution < -0.4 is 16.4 Å². The number of hydrogen-bond donors (Lipinski definition) is 3. The predicted octanol–water partition coefficient (Wildman–Crippen LogP) is 0.227. The number of nitriles is 1. The standard InChI is InChI=1S/C12H14N4O2/c13-6-1-7-15-11(17)8-16-10-4-2-9(3-5-10)12(14)18/h2-5,16H,1,7-8H2,(H2,14,18)(H,15,17). The molecule has 0 aliphatic heterocycles. The zero-order valence-electron chi connectivity index (χ0n) is 9.77. The van der Waals surface area contributed by atoms with E-state index >= 15 is 0 Å². The third kappa shape index (κ3) is 4.53. The Bertz CT molecular complexity index is 462. The van der Waals surface area contributed by atoms with Gasteiger partial charge in [0.2, 0.25) is 11.8 Å². The van der Waals surface area contributed by atoms with Gasteiger partial charge >= 0.3 is 0 Å². The number of carbonyl (C=O) groups excluding carboxylic acids is 2. The number of nitrogens with two attached hydrogens (primary N) is 1. The highest BCUT2D eigenvalue weighted by Gasteiger charge is 2.02. The fraction of sp³-hybridized carbons (Fsp3) is 0.250.